The summed E-state index contributed by atoms with van der Waals surface area (Å²) in [6.45, 7) is 2.05. The molecule has 4 rings (SSSR count). The van der Waals surface area contributed by atoms with Crippen molar-refractivity contribution in [1.29, 1.82) is 0 Å². The number of primary amides is 2. The number of hydrogen-bond acceptors (Lipinski definition) is 7. The van der Waals surface area contributed by atoms with Crippen molar-refractivity contribution in [2.75, 3.05) is 0 Å². The lowest BCUT2D eigenvalue weighted by Crippen LogP contribution is -2.51. The van der Waals surface area contributed by atoms with Crippen LogP contribution >= 0.6 is 0 Å². The van der Waals surface area contributed by atoms with Gasteiger partial charge in [-0.25, -0.2) is 5.53 Å². The number of nitrogens with one attached hydrogen (secondary N) is 2. The third-order valence-corrected chi connectivity index (χ3v) is 6.40. The maximum absolute atomic E-state index is 11.8. The number of rotatable bonds is 6. The molecule has 2 amide bonds. The van der Waals surface area contributed by atoms with Crippen LogP contribution in [-0.2, 0) is 18.3 Å². The fraction of sp³-hybridized carbons (Fsp3) is 0.364. The topological polar surface area (TPSA) is 161 Å². The van der Waals surface area contributed by atoms with Gasteiger partial charge in [-0.3, -0.25) is 9.59 Å². The predicted octanol–water partition coefficient (Wildman–Crippen LogP) is 1.20. The molecular formula is C22H27N7O2. The number of nitrogens with zero attached hydrogens (tertiary/aromatic N) is 2. The summed E-state index contributed by atoms with van der Waals surface area (Å²) in [5.74, 6) is -0.950. The molecule has 0 aromatic heterocycles. The van der Waals surface area contributed by atoms with Gasteiger partial charge in [-0.1, -0.05) is 24.3 Å². The van der Waals surface area contributed by atoms with E-state index in [2.05, 4.69) is 21.3 Å². The van der Waals surface area contributed by atoms with E-state index < -0.39 is 23.4 Å². The molecule has 2 aromatic carbocycles. The number of carbonyl (C=O) groups is 2. The Morgan fingerprint density at radius 3 is 2.03 bits per heavy atom. The number of amides is 2. The third-order valence-electron chi connectivity index (χ3n) is 6.40. The van der Waals surface area contributed by atoms with Gasteiger partial charge < -0.3 is 17.2 Å². The molecule has 0 fully saturated rings. The number of nitrogens with two attached hydrogens (primary N) is 3. The van der Waals surface area contributed by atoms with Crippen LogP contribution in [0.5, 0.6) is 0 Å². The van der Waals surface area contributed by atoms with Crippen LogP contribution in [0, 0.1) is 0 Å². The number of fused-ring (bicyclic) bond motifs is 2. The quantitative estimate of drug-likeness (QED) is 0.473. The van der Waals surface area contributed by atoms with E-state index in [1.165, 1.54) is 0 Å². The zero-order valence-corrected chi connectivity index (χ0v) is 17.4. The van der Waals surface area contributed by atoms with Crippen LogP contribution in [0.2, 0.25) is 0 Å². The van der Waals surface area contributed by atoms with Gasteiger partial charge in [0.05, 0.1) is 5.41 Å². The molecule has 1 aliphatic heterocycles. The number of benzene rings is 2. The van der Waals surface area contributed by atoms with E-state index >= 15 is 0 Å². The van der Waals surface area contributed by atoms with Gasteiger partial charge in [-0.05, 0) is 72.2 Å². The number of aryl methyl sites for hydroxylation is 2. The molecule has 1 aliphatic carbocycles. The van der Waals surface area contributed by atoms with E-state index in [0.717, 1.165) is 28.7 Å². The highest BCUT2D eigenvalue weighted by Gasteiger charge is 2.48. The van der Waals surface area contributed by atoms with E-state index in [1.807, 2.05) is 31.2 Å². The summed E-state index contributed by atoms with van der Waals surface area (Å²) >= 11 is 0. The Hall–Kier alpha value is -3.30. The lowest BCUT2D eigenvalue weighted by molar-refractivity contribution is 0.0991. The highest BCUT2D eigenvalue weighted by molar-refractivity contribution is 5.94. The maximum Gasteiger partial charge on any atom is 0.248 e. The van der Waals surface area contributed by atoms with Crippen molar-refractivity contribution in [3.05, 3.63) is 69.8 Å². The van der Waals surface area contributed by atoms with Gasteiger partial charge in [-0.15, -0.1) is 5.11 Å². The van der Waals surface area contributed by atoms with Crippen molar-refractivity contribution in [1.82, 2.24) is 11.0 Å². The number of carbonyl (C=O) groups excluding carboxylic acids is 2. The lowest BCUT2D eigenvalue weighted by Gasteiger charge is -2.40. The Bertz CT molecular complexity index is 1000. The van der Waals surface area contributed by atoms with Crippen molar-refractivity contribution in [2.45, 2.75) is 50.2 Å². The van der Waals surface area contributed by atoms with Crippen LogP contribution in [0.15, 0.2) is 46.7 Å². The summed E-state index contributed by atoms with van der Waals surface area (Å²) in [7, 11) is 0. The zero-order chi connectivity index (χ0) is 22.2. The van der Waals surface area contributed by atoms with Crippen molar-refractivity contribution >= 4 is 11.8 Å². The molecule has 162 valence electrons. The first kappa shape index (κ1) is 21.0. The smallest absolute Gasteiger partial charge is 0.248 e. The molecule has 0 bridgehead atoms. The van der Waals surface area contributed by atoms with Crippen LogP contribution in [0.25, 0.3) is 0 Å². The summed E-state index contributed by atoms with van der Waals surface area (Å²) < 4.78 is 0. The highest BCUT2D eigenvalue weighted by atomic mass is 16.1. The standard InChI is InChI=1S/C22H27N7O2/c1-2-16(23)11-22(21-26-28-29-27-21)17-7-5-14(19(24)30)9-12(17)3-4-13-10-15(20(25)31)6-8-18(13)22/h5-10,16,21H,2-4,11,23H2,1H3,(H2,24,30)(H2,25,31)(H,26,29)(H,27,28)/t16-/m0/s1. The molecule has 0 saturated heterocycles. The first-order valence-electron chi connectivity index (χ1n) is 10.4. The van der Waals surface area contributed by atoms with Crippen molar-refractivity contribution in [3.8, 4) is 0 Å². The van der Waals surface area contributed by atoms with E-state index in [0.29, 0.717) is 30.4 Å². The van der Waals surface area contributed by atoms with Gasteiger partial charge in [0.25, 0.3) is 0 Å². The van der Waals surface area contributed by atoms with Gasteiger partial charge in [0, 0.05) is 17.2 Å². The summed E-state index contributed by atoms with van der Waals surface area (Å²) in [4.78, 5) is 23.7. The lowest BCUT2D eigenvalue weighted by atomic mass is 9.66. The SMILES string of the molecule is CC[C@H](N)CC1(C2N=NNN2)c2ccc(C(N)=O)cc2CCc2cc(C(N)=O)ccc21. The van der Waals surface area contributed by atoms with Gasteiger partial charge >= 0.3 is 0 Å². The van der Waals surface area contributed by atoms with Gasteiger partial charge in [0.2, 0.25) is 11.8 Å². The second kappa shape index (κ2) is 8.09. The van der Waals surface area contributed by atoms with Crippen LogP contribution in [-0.4, -0.2) is 24.0 Å². The molecule has 0 saturated carbocycles. The zero-order valence-electron chi connectivity index (χ0n) is 17.4. The van der Waals surface area contributed by atoms with E-state index in [4.69, 9.17) is 17.2 Å². The second-order valence-electron chi connectivity index (χ2n) is 8.19. The average molecular weight is 422 g/mol. The van der Waals surface area contributed by atoms with E-state index in [9.17, 15) is 9.59 Å². The summed E-state index contributed by atoms with van der Waals surface area (Å²) in [6, 6.07) is 11.0. The normalized spacial score (nSPS) is 19.6. The molecule has 1 unspecified atom stereocenters. The van der Waals surface area contributed by atoms with E-state index in [1.54, 1.807) is 12.1 Å². The van der Waals surface area contributed by atoms with Gasteiger partial charge in [0.15, 0.2) is 6.17 Å². The summed E-state index contributed by atoms with van der Waals surface area (Å²) in [5.41, 5.74) is 27.8. The van der Waals surface area contributed by atoms with E-state index in [-0.39, 0.29) is 6.04 Å². The Morgan fingerprint density at radius 1 is 1.06 bits per heavy atom. The first-order valence-corrected chi connectivity index (χ1v) is 10.4. The summed E-state index contributed by atoms with van der Waals surface area (Å²) in [5, 5.41) is 8.40. The Morgan fingerprint density at radius 2 is 1.61 bits per heavy atom. The van der Waals surface area contributed by atoms with Crippen LogP contribution in [0.4, 0.5) is 0 Å². The molecule has 2 aromatic rings. The summed E-state index contributed by atoms with van der Waals surface area (Å²) in [6.07, 6.45) is 2.29. The Kier molecular flexibility index (Phi) is 5.47. The molecule has 1 heterocycles. The third kappa shape index (κ3) is 3.55. The molecule has 8 N–H and O–H groups in total. The fourth-order valence-corrected chi connectivity index (χ4v) is 4.80. The largest absolute Gasteiger partial charge is 0.366 e. The molecule has 0 radical (unpaired) electrons. The van der Waals surface area contributed by atoms with Gasteiger partial charge in [-0.2, -0.15) is 5.43 Å². The Balaban J connectivity index is 2.02. The second-order valence-corrected chi connectivity index (χ2v) is 8.19. The molecule has 2 atom stereocenters. The van der Waals surface area contributed by atoms with Crippen LogP contribution < -0.4 is 28.2 Å². The highest BCUT2D eigenvalue weighted by Crippen LogP contribution is 2.47. The minimum atomic E-state index is -0.671. The van der Waals surface area contributed by atoms with Crippen LogP contribution in [0.1, 0.15) is 62.7 Å². The first-order chi connectivity index (χ1) is 14.9. The fourth-order valence-electron chi connectivity index (χ4n) is 4.80. The van der Waals surface area contributed by atoms with Crippen molar-refractivity contribution < 1.29 is 9.59 Å². The monoisotopic (exact) mass is 421 g/mol. The average Bonchev–Trinajstić information content (AvgIpc) is 3.27. The molecule has 31 heavy (non-hydrogen) atoms. The predicted molar refractivity (Wildman–Crippen MR) is 116 cm³/mol. The van der Waals surface area contributed by atoms with Gasteiger partial charge in [0.1, 0.15) is 0 Å². The van der Waals surface area contributed by atoms with Crippen LogP contribution in [0.3, 0.4) is 0 Å². The number of hydrazine groups is 1. The molecule has 0 spiro atoms. The minimum Gasteiger partial charge on any atom is -0.366 e. The minimum absolute atomic E-state index is 0.108. The Labute approximate surface area is 180 Å². The molecular weight excluding hydrogens is 394 g/mol. The maximum atomic E-state index is 11.8. The number of hydrogen-bond donors (Lipinski definition) is 5. The van der Waals surface area contributed by atoms with Crippen molar-refractivity contribution in [3.63, 3.8) is 0 Å². The molecule has 2 aliphatic rings. The van der Waals surface area contributed by atoms with Crippen molar-refractivity contribution in [2.24, 2.45) is 27.5 Å². The molecule has 9 nitrogen and oxygen atoms in total. The molecule has 9 heteroatoms.